The minimum Gasteiger partial charge on any atom is -0.497 e. The number of amides is 2. The van der Waals surface area contributed by atoms with E-state index in [4.69, 9.17) is 9.47 Å². The third kappa shape index (κ3) is 3.77. The van der Waals surface area contributed by atoms with Gasteiger partial charge in [-0.2, -0.15) is 0 Å². The summed E-state index contributed by atoms with van der Waals surface area (Å²) in [5, 5.41) is 0. The fraction of sp³-hybridized carbons (Fsp3) is 0.304. The molecule has 3 aromatic rings. The average molecular weight is 437 g/mol. The lowest BCUT2D eigenvalue weighted by atomic mass is 10.0. The lowest BCUT2D eigenvalue weighted by Crippen LogP contribution is -2.47. The van der Waals surface area contributed by atoms with Gasteiger partial charge in [0.15, 0.2) is 6.29 Å². The molecule has 0 radical (unpaired) electrons. The van der Waals surface area contributed by atoms with Gasteiger partial charge in [-0.3, -0.25) is 28.4 Å². The molecule has 0 aliphatic carbocycles. The zero-order chi connectivity index (χ0) is 22.8. The Hall–Kier alpha value is -3.88. The fourth-order valence-corrected chi connectivity index (χ4v) is 4.01. The molecule has 1 aliphatic rings. The number of carbonyl (C=O) groups excluding carboxylic acids is 3. The van der Waals surface area contributed by atoms with Gasteiger partial charge in [-0.15, -0.1) is 0 Å². The Morgan fingerprint density at radius 3 is 2.44 bits per heavy atom. The van der Waals surface area contributed by atoms with E-state index in [0.717, 1.165) is 5.56 Å². The van der Waals surface area contributed by atoms with Crippen molar-refractivity contribution in [2.24, 2.45) is 7.05 Å². The van der Waals surface area contributed by atoms with E-state index in [1.807, 2.05) is 0 Å². The number of aromatic nitrogens is 2. The van der Waals surface area contributed by atoms with E-state index in [2.05, 4.69) is 0 Å². The van der Waals surface area contributed by atoms with Crippen molar-refractivity contribution in [3.05, 3.63) is 58.5 Å². The molecular formula is C23H23N3O6. The maximum atomic E-state index is 13.3. The van der Waals surface area contributed by atoms with Crippen LogP contribution in [0.2, 0.25) is 0 Å². The molecule has 32 heavy (non-hydrogen) atoms. The molecule has 1 atom stereocenters. The predicted octanol–water partition coefficient (Wildman–Crippen LogP) is 1.82. The Kier molecular flexibility index (Phi) is 5.81. The molecule has 1 unspecified atom stereocenters. The van der Waals surface area contributed by atoms with Crippen LogP contribution in [0.4, 0.5) is 0 Å². The smallest absolute Gasteiger partial charge is 0.329 e. The molecule has 1 saturated heterocycles. The highest BCUT2D eigenvalue weighted by Crippen LogP contribution is 2.29. The monoisotopic (exact) mass is 437 g/mol. The number of methoxy groups -OCH3 is 1. The van der Waals surface area contributed by atoms with Gasteiger partial charge in [0.1, 0.15) is 24.1 Å². The summed E-state index contributed by atoms with van der Waals surface area (Å²) in [4.78, 5) is 50.7. The van der Waals surface area contributed by atoms with Crippen LogP contribution < -0.4 is 15.2 Å². The van der Waals surface area contributed by atoms with Crippen LogP contribution in [-0.2, 0) is 28.0 Å². The van der Waals surface area contributed by atoms with Crippen molar-refractivity contribution in [3.8, 4) is 11.5 Å². The molecule has 9 nitrogen and oxygen atoms in total. The van der Waals surface area contributed by atoms with Gasteiger partial charge < -0.3 is 9.47 Å². The number of hydrogen-bond donors (Lipinski definition) is 0. The van der Waals surface area contributed by atoms with Crippen LogP contribution in [0.5, 0.6) is 11.5 Å². The number of ether oxygens (including phenoxy) is 2. The molecule has 2 heterocycles. The van der Waals surface area contributed by atoms with Crippen LogP contribution in [0.25, 0.3) is 11.0 Å². The minimum atomic E-state index is -0.788. The molecule has 166 valence electrons. The first-order chi connectivity index (χ1) is 15.4. The summed E-state index contributed by atoms with van der Waals surface area (Å²) in [5.41, 5.74) is 1.57. The van der Waals surface area contributed by atoms with Gasteiger partial charge in [0.2, 0.25) is 5.91 Å². The first-order valence-corrected chi connectivity index (χ1v) is 10.2. The number of imide groups is 1. The van der Waals surface area contributed by atoms with E-state index in [-0.39, 0.29) is 37.6 Å². The number of aryl methyl sites for hydroxylation is 1. The largest absolute Gasteiger partial charge is 0.497 e. The van der Waals surface area contributed by atoms with Crippen molar-refractivity contribution in [1.29, 1.82) is 0 Å². The average Bonchev–Trinajstić information content (AvgIpc) is 3.05. The second-order valence-electron chi connectivity index (χ2n) is 7.56. The fourth-order valence-electron chi connectivity index (χ4n) is 4.01. The van der Waals surface area contributed by atoms with Crippen molar-refractivity contribution in [1.82, 2.24) is 14.0 Å². The Morgan fingerprint density at radius 1 is 1.03 bits per heavy atom. The lowest BCUT2D eigenvalue weighted by Gasteiger charge is -2.31. The zero-order valence-electron chi connectivity index (χ0n) is 17.8. The summed E-state index contributed by atoms with van der Waals surface area (Å²) < 4.78 is 13.3. The molecule has 2 amide bonds. The molecule has 1 fully saturated rings. The molecule has 1 aliphatic heterocycles. The standard InChI is InChI=1S/C23H23N3O6/c1-24-20-13-17(32-12-11-27)7-8-18(20)26(23(24)30)19-9-10-21(28)25(22(19)29)14-15-3-5-16(31-2)6-4-15/h3-8,11,13,19H,9-10,12,14H2,1-2H3. The van der Waals surface area contributed by atoms with Gasteiger partial charge >= 0.3 is 5.69 Å². The van der Waals surface area contributed by atoms with E-state index < -0.39 is 11.9 Å². The maximum absolute atomic E-state index is 13.3. The van der Waals surface area contributed by atoms with Crippen molar-refractivity contribution in [3.63, 3.8) is 0 Å². The van der Waals surface area contributed by atoms with E-state index in [9.17, 15) is 19.2 Å². The van der Waals surface area contributed by atoms with Crippen molar-refractivity contribution in [2.75, 3.05) is 13.7 Å². The number of carbonyl (C=O) groups is 3. The number of likely N-dealkylation sites (tertiary alicyclic amines) is 1. The second-order valence-corrected chi connectivity index (χ2v) is 7.56. The van der Waals surface area contributed by atoms with E-state index in [0.29, 0.717) is 28.8 Å². The highest BCUT2D eigenvalue weighted by molar-refractivity contribution is 6.00. The number of hydrogen-bond acceptors (Lipinski definition) is 6. The number of nitrogens with zero attached hydrogens (tertiary/aromatic N) is 3. The molecule has 0 spiro atoms. The summed E-state index contributed by atoms with van der Waals surface area (Å²) >= 11 is 0. The lowest BCUT2D eigenvalue weighted by molar-refractivity contribution is -0.151. The van der Waals surface area contributed by atoms with Gasteiger partial charge in [0, 0.05) is 19.5 Å². The van der Waals surface area contributed by atoms with Crippen molar-refractivity contribution in [2.45, 2.75) is 25.4 Å². The topological polar surface area (TPSA) is 99.8 Å². The number of imidazole rings is 1. The van der Waals surface area contributed by atoms with Gasteiger partial charge in [0.05, 0.1) is 24.7 Å². The normalized spacial score (nSPS) is 16.4. The quantitative estimate of drug-likeness (QED) is 0.413. The molecule has 0 saturated carbocycles. The van der Waals surface area contributed by atoms with Crippen LogP contribution in [0.3, 0.4) is 0 Å². The van der Waals surface area contributed by atoms with Crippen LogP contribution in [0, 0.1) is 0 Å². The molecular weight excluding hydrogens is 414 g/mol. The summed E-state index contributed by atoms with van der Waals surface area (Å²) in [7, 11) is 3.18. The summed E-state index contributed by atoms with van der Waals surface area (Å²) in [6.07, 6.45) is 1.05. The van der Waals surface area contributed by atoms with Crippen LogP contribution in [0.1, 0.15) is 24.4 Å². The van der Waals surface area contributed by atoms with Gasteiger partial charge in [-0.1, -0.05) is 12.1 Å². The third-order valence-corrected chi connectivity index (χ3v) is 5.67. The molecule has 2 aromatic carbocycles. The number of piperidine rings is 1. The second kappa shape index (κ2) is 8.70. The van der Waals surface area contributed by atoms with E-state index in [1.54, 1.807) is 56.6 Å². The van der Waals surface area contributed by atoms with Gasteiger partial charge in [-0.25, -0.2) is 4.79 Å². The maximum Gasteiger partial charge on any atom is 0.329 e. The predicted molar refractivity (Wildman–Crippen MR) is 116 cm³/mol. The minimum absolute atomic E-state index is 0.0935. The van der Waals surface area contributed by atoms with Crippen molar-refractivity contribution >= 4 is 29.1 Å². The Morgan fingerprint density at radius 2 is 1.75 bits per heavy atom. The third-order valence-electron chi connectivity index (χ3n) is 5.67. The first kappa shape index (κ1) is 21.4. The number of aldehydes is 1. The van der Waals surface area contributed by atoms with Gasteiger partial charge in [-0.05, 0) is 36.2 Å². The van der Waals surface area contributed by atoms with Crippen LogP contribution in [-0.4, -0.2) is 45.9 Å². The van der Waals surface area contributed by atoms with Gasteiger partial charge in [0.25, 0.3) is 5.91 Å². The number of fused-ring (bicyclic) bond motifs is 1. The summed E-state index contributed by atoms with van der Waals surface area (Å²) in [6, 6.07) is 11.3. The summed E-state index contributed by atoms with van der Waals surface area (Å²) in [6.45, 7) is 0.0328. The highest BCUT2D eigenvalue weighted by Gasteiger charge is 2.37. The molecule has 0 N–H and O–H groups in total. The molecule has 1 aromatic heterocycles. The number of rotatable bonds is 7. The molecule has 9 heteroatoms. The molecule has 4 rings (SSSR count). The van der Waals surface area contributed by atoms with Crippen molar-refractivity contribution < 1.29 is 23.9 Å². The SMILES string of the molecule is COc1ccc(CN2C(=O)CCC(n3c(=O)n(C)c4cc(OCC=O)ccc43)C2=O)cc1. The Balaban J connectivity index is 1.67. The number of benzene rings is 2. The van der Waals surface area contributed by atoms with E-state index >= 15 is 0 Å². The summed E-state index contributed by atoms with van der Waals surface area (Å²) in [5.74, 6) is 0.457. The molecule has 0 bridgehead atoms. The van der Waals surface area contributed by atoms with Crippen LogP contribution >= 0.6 is 0 Å². The Labute approximate surface area is 183 Å². The first-order valence-electron chi connectivity index (χ1n) is 10.2. The zero-order valence-corrected chi connectivity index (χ0v) is 17.8. The van der Waals surface area contributed by atoms with Crippen LogP contribution in [0.15, 0.2) is 47.3 Å². The Bertz CT molecular complexity index is 1240. The highest BCUT2D eigenvalue weighted by atomic mass is 16.5. The van der Waals surface area contributed by atoms with E-state index in [1.165, 1.54) is 14.0 Å².